The Morgan fingerprint density at radius 2 is 1.78 bits per heavy atom. The van der Waals surface area contributed by atoms with Gasteiger partial charge in [0, 0.05) is 11.3 Å². The van der Waals surface area contributed by atoms with Gasteiger partial charge in [0.2, 0.25) is 0 Å². The van der Waals surface area contributed by atoms with E-state index in [1.54, 1.807) is 30.3 Å². The fourth-order valence-corrected chi connectivity index (χ4v) is 4.68. The molecule has 0 aromatic heterocycles. The maximum atomic E-state index is 12.7. The fraction of sp³-hybridized carbons (Fsp3) is 0.429. The third kappa shape index (κ3) is 4.82. The first-order valence-corrected chi connectivity index (χ1v) is 11.0. The lowest BCUT2D eigenvalue weighted by Crippen LogP contribution is -2.13. The van der Waals surface area contributed by atoms with E-state index < -0.39 is 10.0 Å². The van der Waals surface area contributed by atoms with Gasteiger partial charge >= 0.3 is 0 Å². The highest BCUT2D eigenvalue weighted by Crippen LogP contribution is 2.33. The van der Waals surface area contributed by atoms with Crippen molar-refractivity contribution in [1.29, 1.82) is 0 Å². The molecule has 0 amide bonds. The van der Waals surface area contributed by atoms with Crippen molar-refractivity contribution in [1.82, 2.24) is 0 Å². The maximum Gasteiger partial charge on any atom is 0.261 e. The van der Waals surface area contributed by atoms with Crippen molar-refractivity contribution in [3.05, 3.63) is 53.6 Å². The molecule has 2 aromatic rings. The molecule has 146 valence electrons. The van der Waals surface area contributed by atoms with Crippen molar-refractivity contribution >= 4 is 15.7 Å². The maximum absolute atomic E-state index is 12.7. The van der Waals surface area contributed by atoms with Crippen LogP contribution in [0.4, 0.5) is 5.69 Å². The van der Waals surface area contributed by atoms with E-state index in [1.165, 1.54) is 37.7 Å². The largest absolute Gasteiger partial charge is 0.494 e. The van der Waals surface area contributed by atoms with Crippen LogP contribution in [-0.4, -0.2) is 20.1 Å². The molecule has 5 nitrogen and oxygen atoms in total. The first-order chi connectivity index (χ1) is 13.0. The van der Waals surface area contributed by atoms with Gasteiger partial charge in [-0.05, 0) is 61.6 Å². The number of hydrogen-bond acceptors (Lipinski definition) is 4. The van der Waals surface area contributed by atoms with Gasteiger partial charge in [0.25, 0.3) is 10.0 Å². The number of benzene rings is 2. The SMILES string of the molecule is CCOc1ccc(NS(=O)(=O)c2ccc(C3CCCCC3)cc2)cc1CO. The molecule has 0 unspecified atom stereocenters. The van der Waals surface area contributed by atoms with Crippen LogP contribution in [0.1, 0.15) is 56.1 Å². The zero-order valence-electron chi connectivity index (χ0n) is 15.6. The molecule has 3 rings (SSSR count). The molecule has 2 aromatic carbocycles. The van der Waals surface area contributed by atoms with Crippen molar-refractivity contribution in [2.45, 2.75) is 56.4 Å². The van der Waals surface area contributed by atoms with Gasteiger partial charge in [0.1, 0.15) is 5.75 Å². The Balaban J connectivity index is 1.76. The van der Waals surface area contributed by atoms with Crippen LogP contribution in [0, 0.1) is 0 Å². The van der Waals surface area contributed by atoms with Crippen LogP contribution >= 0.6 is 0 Å². The number of nitrogens with one attached hydrogen (secondary N) is 1. The van der Waals surface area contributed by atoms with Crippen LogP contribution in [-0.2, 0) is 16.6 Å². The average Bonchev–Trinajstić information content (AvgIpc) is 2.70. The average molecular weight is 390 g/mol. The Morgan fingerprint density at radius 1 is 1.07 bits per heavy atom. The van der Waals surface area contributed by atoms with Gasteiger partial charge in [-0.1, -0.05) is 31.4 Å². The molecule has 0 atom stereocenters. The Hall–Kier alpha value is -2.05. The van der Waals surface area contributed by atoms with Crippen molar-refractivity contribution < 1.29 is 18.3 Å². The molecule has 0 bridgehead atoms. The first kappa shape index (κ1) is 19.7. The van der Waals surface area contributed by atoms with Crippen LogP contribution in [0.25, 0.3) is 0 Å². The Bertz CT molecular complexity index is 856. The van der Waals surface area contributed by atoms with Crippen molar-refractivity contribution in [2.24, 2.45) is 0 Å². The second-order valence-electron chi connectivity index (χ2n) is 6.92. The molecule has 1 aliphatic carbocycles. The fourth-order valence-electron chi connectivity index (χ4n) is 3.63. The summed E-state index contributed by atoms with van der Waals surface area (Å²) in [6.45, 7) is 2.11. The molecule has 2 N–H and O–H groups in total. The molecule has 6 heteroatoms. The van der Waals surface area contributed by atoms with E-state index in [1.807, 2.05) is 19.1 Å². The van der Waals surface area contributed by atoms with Crippen LogP contribution in [0.5, 0.6) is 5.75 Å². The smallest absolute Gasteiger partial charge is 0.261 e. The minimum Gasteiger partial charge on any atom is -0.494 e. The second kappa shape index (κ2) is 8.76. The van der Waals surface area contributed by atoms with Crippen LogP contribution in [0.15, 0.2) is 47.4 Å². The van der Waals surface area contributed by atoms with E-state index in [4.69, 9.17) is 4.74 Å². The van der Waals surface area contributed by atoms with Gasteiger partial charge in [-0.3, -0.25) is 4.72 Å². The number of sulfonamides is 1. The Kier molecular flexibility index (Phi) is 6.39. The number of anilines is 1. The summed E-state index contributed by atoms with van der Waals surface area (Å²) in [5.74, 6) is 1.10. The van der Waals surface area contributed by atoms with Crippen LogP contribution < -0.4 is 9.46 Å². The van der Waals surface area contributed by atoms with Gasteiger partial charge in [-0.2, -0.15) is 0 Å². The molecule has 27 heavy (non-hydrogen) atoms. The minimum atomic E-state index is -3.68. The number of rotatable bonds is 7. The van der Waals surface area contributed by atoms with Crippen LogP contribution in [0.2, 0.25) is 0 Å². The summed E-state index contributed by atoms with van der Waals surface area (Å²) in [5, 5.41) is 9.48. The molecule has 1 fully saturated rings. The standard InChI is InChI=1S/C21H27NO4S/c1-2-26-21-13-10-19(14-18(21)15-23)22-27(24,25)20-11-8-17(9-12-20)16-6-4-3-5-7-16/h8-14,16,22-23H,2-7,15H2,1H3. The summed E-state index contributed by atoms with van der Waals surface area (Å²) in [5.41, 5.74) is 2.17. The lowest BCUT2D eigenvalue weighted by Gasteiger charge is -2.22. The molecule has 0 aliphatic heterocycles. The van der Waals surface area contributed by atoms with Crippen molar-refractivity contribution in [2.75, 3.05) is 11.3 Å². The third-order valence-corrected chi connectivity index (χ3v) is 6.45. The molecular formula is C21H27NO4S. The molecule has 0 saturated heterocycles. The highest BCUT2D eigenvalue weighted by Gasteiger charge is 2.18. The number of aliphatic hydroxyl groups excluding tert-OH is 1. The quantitative estimate of drug-likeness (QED) is 0.735. The minimum absolute atomic E-state index is 0.221. The molecule has 1 saturated carbocycles. The Morgan fingerprint density at radius 3 is 2.41 bits per heavy atom. The van der Waals surface area contributed by atoms with Gasteiger partial charge in [0.05, 0.1) is 18.1 Å². The lowest BCUT2D eigenvalue weighted by molar-refractivity contribution is 0.267. The number of aliphatic hydroxyl groups is 1. The highest BCUT2D eigenvalue weighted by molar-refractivity contribution is 7.92. The number of ether oxygens (including phenoxy) is 1. The highest BCUT2D eigenvalue weighted by atomic mass is 32.2. The zero-order valence-corrected chi connectivity index (χ0v) is 16.5. The van der Waals surface area contributed by atoms with E-state index in [2.05, 4.69) is 4.72 Å². The molecular weight excluding hydrogens is 362 g/mol. The number of hydrogen-bond donors (Lipinski definition) is 2. The summed E-state index contributed by atoms with van der Waals surface area (Å²) < 4.78 is 33.4. The summed E-state index contributed by atoms with van der Waals surface area (Å²) in [4.78, 5) is 0.237. The van der Waals surface area contributed by atoms with Crippen molar-refractivity contribution in [3.63, 3.8) is 0 Å². The van der Waals surface area contributed by atoms with E-state index in [0.29, 0.717) is 29.5 Å². The van der Waals surface area contributed by atoms with Crippen LogP contribution in [0.3, 0.4) is 0 Å². The van der Waals surface area contributed by atoms with Gasteiger partial charge in [-0.25, -0.2) is 8.42 Å². The molecule has 1 aliphatic rings. The van der Waals surface area contributed by atoms with E-state index in [-0.39, 0.29) is 11.5 Å². The predicted octanol–water partition coefficient (Wildman–Crippen LogP) is 4.43. The first-order valence-electron chi connectivity index (χ1n) is 9.53. The van der Waals surface area contributed by atoms with Crippen molar-refractivity contribution in [3.8, 4) is 5.75 Å². The van der Waals surface area contributed by atoms with E-state index in [0.717, 1.165) is 0 Å². The predicted molar refractivity (Wildman–Crippen MR) is 107 cm³/mol. The summed E-state index contributed by atoms with van der Waals surface area (Å²) in [7, 11) is -3.68. The zero-order chi connectivity index (χ0) is 19.3. The van der Waals surface area contributed by atoms with Gasteiger partial charge in [0.15, 0.2) is 0 Å². The summed E-state index contributed by atoms with van der Waals surface area (Å²) >= 11 is 0. The summed E-state index contributed by atoms with van der Waals surface area (Å²) in [6.07, 6.45) is 6.15. The Labute approximate surface area is 161 Å². The lowest BCUT2D eigenvalue weighted by atomic mass is 9.84. The van der Waals surface area contributed by atoms with Gasteiger partial charge < -0.3 is 9.84 Å². The second-order valence-corrected chi connectivity index (χ2v) is 8.61. The van der Waals surface area contributed by atoms with E-state index in [9.17, 15) is 13.5 Å². The molecule has 0 heterocycles. The third-order valence-electron chi connectivity index (χ3n) is 5.05. The monoisotopic (exact) mass is 389 g/mol. The summed E-state index contributed by atoms with van der Waals surface area (Å²) in [6, 6.07) is 12.1. The molecule has 0 radical (unpaired) electrons. The molecule has 0 spiro atoms. The normalized spacial score (nSPS) is 15.5. The van der Waals surface area contributed by atoms with Gasteiger partial charge in [-0.15, -0.1) is 0 Å². The topological polar surface area (TPSA) is 75.6 Å². The van der Waals surface area contributed by atoms with E-state index >= 15 is 0 Å².